The summed E-state index contributed by atoms with van der Waals surface area (Å²) in [5.74, 6) is 1.98. The van der Waals surface area contributed by atoms with E-state index in [2.05, 4.69) is 42.6 Å². The van der Waals surface area contributed by atoms with Gasteiger partial charge in [-0.25, -0.2) is 9.97 Å². The lowest BCUT2D eigenvalue weighted by Crippen LogP contribution is -2.53. The zero-order valence-corrected chi connectivity index (χ0v) is 15.3. The third-order valence-electron chi connectivity index (χ3n) is 4.96. The molecule has 0 saturated carbocycles. The molecule has 3 heterocycles. The van der Waals surface area contributed by atoms with Crippen LogP contribution in [0.3, 0.4) is 0 Å². The van der Waals surface area contributed by atoms with Gasteiger partial charge >= 0.3 is 0 Å². The van der Waals surface area contributed by atoms with E-state index in [9.17, 15) is 4.79 Å². The number of piperazine rings is 1. The molecule has 0 unspecified atom stereocenters. The predicted molar refractivity (Wildman–Crippen MR) is 95.2 cm³/mol. The zero-order chi connectivity index (χ0) is 17.3. The fourth-order valence-electron chi connectivity index (χ4n) is 3.41. The van der Waals surface area contributed by atoms with E-state index in [4.69, 9.17) is 4.98 Å². The van der Waals surface area contributed by atoms with Gasteiger partial charge in [-0.15, -0.1) is 0 Å². The van der Waals surface area contributed by atoms with Crippen molar-refractivity contribution >= 4 is 11.7 Å². The van der Waals surface area contributed by atoms with Crippen molar-refractivity contribution in [3.63, 3.8) is 0 Å². The highest BCUT2D eigenvalue weighted by Gasteiger charge is 2.35. The molecule has 0 bridgehead atoms. The second kappa shape index (κ2) is 6.67. The molecule has 24 heavy (non-hydrogen) atoms. The van der Waals surface area contributed by atoms with Crippen LogP contribution >= 0.6 is 0 Å². The van der Waals surface area contributed by atoms with Crippen LogP contribution < -0.4 is 4.90 Å². The molecule has 2 saturated heterocycles. The smallest absolute Gasteiger partial charge is 0.245 e. The van der Waals surface area contributed by atoms with E-state index in [1.54, 1.807) is 0 Å². The van der Waals surface area contributed by atoms with Gasteiger partial charge in [0.15, 0.2) is 0 Å². The van der Waals surface area contributed by atoms with E-state index >= 15 is 0 Å². The molecule has 132 valence electrons. The highest BCUT2D eigenvalue weighted by molar-refractivity contribution is 5.85. The fraction of sp³-hybridized carbons (Fsp3) is 0.722. The molecule has 0 N–H and O–H groups in total. The minimum atomic E-state index is -0.0906. The van der Waals surface area contributed by atoms with Gasteiger partial charge in [-0.1, -0.05) is 20.8 Å². The molecule has 1 atom stereocenters. The van der Waals surface area contributed by atoms with Gasteiger partial charge in [0.25, 0.3) is 0 Å². The first kappa shape index (κ1) is 17.1. The molecule has 3 rings (SSSR count). The average molecular weight is 331 g/mol. The van der Waals surface area contributed by atoms with Gasteiger partial charge in [-0.2, -0.15) is 0 Å². The van der Waals surface area contributed by atoms with Crippen LogP contribution in [0.5, 0.6) is 0 Å². The van der Waals surface area contributed by atoms with Crippen LogP contribution in [0.1, 0.15) is 39.4 Å². The number of carbonyl (C=O) groups excluding carboxylic acids is 1. The summed E-state index contributed by atoms with van der Waals surface area (Å²) < 4.78 is 0. The molecule has 0 spiro atoms. The molecule has 1 aromatic rings. The molecule has 6 heteroatoms. The Morgan fingerprint density at radius 3 is 2.54 bits per heavy atom. The summed E-state index contributed by atoms with van der Waals surface area (Å²) >= 11 is 0. The number of hydrogen-bond donors (Lipinski definition) is 0. The summed E-state index contributed by atoms with van der Waals surface area (Å²) in [5, 5.41) is 0. The molecule has 2 aliphatic rings. The highest BCUT2D eigenvalue weighted by atomic mass is 16.2. The Morgan fingerprint density at radius 1 is 1.17 bits per heavy atom. The van der Waals surface area contributed by atoms with Gasteiger partial charge in [0.1, 0.15) is 17.7 Å². The Balaban J connectivity index is 1.77. The van der Waals surface area contributed by atoms with E-state index in [1.807, 2.05) is 17.2 Å². The van der Waals surface area contributed by atoms with Crippen LogP contribution in [0.15, 0.2) is 12.3 Å². The van der Waals surface area contributed by atoms with Gasteiger partial charge in [0, 0.05) is 44.3 Å². The van der Waals surface area contributed by atoms with Crippen LogP contribution in [-0.4, -0.2) is 71.5 Å². The molecule has 0 aromatic carbocycles. The van der Waals surface area contributed by atoms with Crippen molar-refractivity contribution in [1.29, 1.82) is 0 Å². The Kier molecular flexibility index (Phi) is 4.76. The molecule has 2 aliphatic heterocycles. The Morgan fingerprint density at radius 2 is 1.88 bits per heavy atom. The summed E-state index contributed by atoms with van der Waals surface area (Å²) in [6.45, 7) is 10.8. The number of rotatable bonds is 2. The summed E-state index contributed by atoms with van der Waals surface area (Å²) in [7, 11) is 2.11. The lowest BCUT2D eigenvalue weighted by Gasteiger charge is -2.36. The molecule has 1 amide bonds. The van der Waals surface area contributed by atoms with Crippen molar-refractivity contribution in [1.82, 2.24) is 19.8 Å². The van der Waals surface area contributed by atoms with E-state index in [0.717, 1.165) is 57.2 Å². The van der Waals surface area contributed by atoms with E-state index in [0.29, 0.717) is 0 Å². The van der Waals surface area contributed by atoms with Crippen molar-refractivity contribution in [2.45, 2.75) is 45.1 Å². The Hall–Kier alpha value is -1.69. The largest absolute Gasteiger partial charge is 0.344 e. The second-order valence-electron chi connectivity index (χ2n) is 7.97. The Labute approximate surface area is 144 Å². The Bertz CT molecular complexity index is 589. The first-order valence-electron chi connectivity index (χ1n) is 8.94. The van der Waals surface area contributed by atoms with Crippen molar-refractivity contribution in [3.8, 4) is 0 Å². The number of carbonyl (C=O) groups is 1. The van der Waals surface area contributed by atoms with Crippen molar-refractivity contribution < 1.29 is 4.79 Å². The van der Waals surface area contributed by atoms with Gasteiger partial charge in [-0.3, -0.25) is 4.79 Å². The molecular formula is C18H29N5O. The summed E-state index contributed by atoms with van der Waals surface area (Å²) in [4.78, 5) is 28.6. The highest BCUT2D eigenvalue weighted by Crippen LogP contribution is 2.27. The third kappa shape index (κ3) is 3.53. The van der Waals surface area contributed by atoms with Crippen LogP contribution in [0, 0.1) is 0 Å². The van der Waals surface area contributed by atoms with Crippen molar-refractivity contribution in [3.05, 3.63) is 18.1 Å². The van der Waals surface area contributed by atoms with Gasteiger partial charge in [0.2, 0.25) is 5.91 Å². The van der Waals surface area contributed by atoms with Crippen molar-refractivity contribution in [2.24, 2.45) is 0 Å². The number of likely N-dealkylation sites (N-methyl/N-ethyl adjacent to an activating group) is 1. The standard InChI is InChI=1S/C18H29N5O/c1-18(2,3)17-19-8-7-15(20-17)23-9-5-6-14(23)16(24)22-12-10-21(4)11-13-22/h7-8,14H,5-6,9-13H2,1-4H3/t14-/m0/s1. The summed E-state index contributed by atoms with van der Waals surface area (Å²) in [6.07, 6.45) is 3.78. The zero-order valence-electron chi connectivity index (χ0n) is 15.3. The molecule has 1 aromatic heterocycles. The minimum absolute atomic E-state index is 0.0730. The number of hydrogen-bond acceptors (Lipinski definition) is 5. The van der Waals surface area contributed by atoms with Crippen LogP contribution in [-0.2, 0) is 10.2 Å². The van der Waals surface area contributed by atoms with Gasteiger partial charge in [-0.05, 0) is 26.0 Å². The van der Waals surface area contributed by atoms with Crippen LogP contribution in [0.25, 0.3) is 0 Å². The maximum Gasteiger partial charge on any atom is 0.245 e. The van der Waals surface area contributed by atoms with Gasteiger partial charge < -0.3 is 14.7 Å². The average Bonchev–Trinajstić information content (AvgIpc) is 3.04. The first-order chi connectivity index (χ1) is 11.4. The predicted octanol–water partition coefficient (Wildman–Crippen LogP) is 1.52. The van der Waals surface area contributed by atoms with E-state index in [1.165, 1.54) is 0 Å². The SMILES string of the molecule is CN1CCN(C(=O)[C@@H]2CCCN2c2ccnc(C(C)(C)C)n2)CC1. The molecule has 0 radical (unpaired) electrons. The van der Waals surface area contributed by atoms with Gasteiger partial charge in [0.05, 0.1) is 0 Å². The normalized spacial score (nSPS) is 22.9. The molecule has 2 fully saturated rings. The maximum absolute atomic E-state index is 13.0. The summed E-state index contributed by atoms with van der Waals surface area (Å²) in [5.41, 5.74) is -0.0906. The molecule has 0 aliphatic carbocycles. The number of amides is 1. The minimum Gasteiger partial charge on any atom is -0.344 e. The molecular weight excluding hydrogens is 302 g/mol. The lowest BCUT2D eigenvalue weighted by atomic mass is 9.96. The summed E-state index contributed by atoms with van der Waals surface area (Å²) in [6, 6.07) is 1.86. The topological polar surface area (TPSA) is 52.6 Å². The van der Waals surface area contributed by atoms with Crippen LogP contribution in [0.4, 0.5) is 5.82 Å². The number of aromatic nitrogens is 2. The number of nitrogens with zero attached hydrogens (tertiary/aromatic N) is 5. The lowest BCUT2D eigenvalue weighted by molar-refractivity contribution is -0.134. The second-order valence-corrected chi connectivity index (χ2v) is 7.97. The quantitative estimate of drug-likeness (QED) is 0.822. The third-order valence-corrected chi connectivity index (χ3v) is 4.96. The van der Waals surface area contributed by atoms with E-state index < -0.39 is 0 Å². The fourth-order valence-corrected chi connectivity index (χ4v) is 3.41. The van der Waals surface area contributed by atoms with E-state index in [-0.39, 0.29) is 17.4 Å². The van der Waals surface area contributed by atoms with Crippen molar-refractivity contribution in [2.75, 3.05) is 44.7 Å². The molecule has 6 nitrogen and oxygen atoms in total. The maximum atomic E-state index is 13.0. The number of anilines is 1. The monoisotopic (exact) mass is 331 g/mol. The first-order valence-corrected chi connectivity index (χ1v) is 8.94. The van der Waals surface area contributed by atoms with Crippen LogP contribution in [0.2, 0.25) is 0 Å².